The van der Waals surface area contributed by atoms with Crippen molar-refractivity contribution in [2.45, 2.75) is 36.6 Å². The molecule has 3 amide bonds. The van der Waals surface area contributed by atoms with Gasteiger partial charge in [-0.3, -0.25) is 15.2 Å². The van der Waals surface area contributed by atoms with E-state index in [2.05, 4.69) is 15.8 Å². The van der Waals surface area contributed by atoms with Gasteiger partial charge in [0.2, 0.25) is 11.9 Å². The summed E-state index contributed by atoms with van der Waals surface area (Å²) in [6.07, 6.45) is 3.78. The lowest BCUT2D eigenvalue weighted by Crippen LogP contribution is -2.70. The molecule has 0 aliphatic carbocycles. The average molecular weight is 447 g/mol. The number of piperidine rings is 1. The molecular weight excluding hydrogens is 424 g/mol. The van der Waals surface area contributed by atoms with Crippen molar-refractivity contribution in [1.29, 1.82) is 0 Å². The average Bonchev–Trinajstić information content (AvgIpc) is 2.78. The van der Waals surface area contributed by atoms with Crippen molar-refractivity contribution in [3.63, 3.8) is 0 Å². The number of aromatic nitrogens is 1. The molecule has 2 heterocycles. The number of carboxylic acids is 1. The quantitative estimate of drug-likeness (QED) is 0.462. The first-order valence-corrected chi connectivity index (χ1v) is 11.1. The second-order valence-electron chi connectivity index (χ2n) is 7.17. The molecule has 1 saturated heterocycles. The first kappa shape index (κ1) is 22.4. The molecule has 164 valence electrons. The van der Waals surface area contributed by atoms with Crippen LogP contribution in [0.25, 0.3) is 0 Å². The van der Waals surface area contributed by atoms with E-state index in [-0.39, 0.29) is 24.3 Å². The first-order valence-electron chi connectivity index (χ1n) is 9.68. The summed E-state index contributed by atoms with van der Waals surface area (Å²) < 4.78 is 25.7. The van der Waals surface area contributed by atoms with Crippen LogP contribution in [0.5, 0.6) is 0 Å². The van der Waals surface area contributed by atoms with Crippen LogP contribution in [0.2, 0.25) is 0 Å². The number of carbonyl (C=O) groups is 3. The lowest BCUT2D eigenvalue weighted by molar-refractivity contribution is -0.749. The van der Waals surface area contributed by atoms with Crippen LogP contribution in [-0.4, -0.2) is 52.9 Å². The molecule has 1 aliphatic rings. The first-order chi connectivity index (χ1) is 14.8. The second kappa shape index (κ2) is 9.23. The van der Waals surface area contributed by atoms with Gasteiger partial charge in [0.1, 0.15) is 11.4 Å². The van der Waals surface area contributed by atoms with Gasteiger partial charge in [0.25, 0.3) is 0 Å². The van der Waals surface area contributed by atoms with Crippen LogP contribution < -0.4 is 10.9 Å². The van der Waals surface area contributed by atoms with E-state index >= 15 is 0 Å². The van der Waals surface area contributed by atoms with Gasteiger partial charge in [-0.25, -0.2) is 15.0 Å². The molecule has 1 aromatic heterocycles. The molecule has 3 rings (SSSR count). The van der Waals surface area contributed by atoms with Crippen LogP contribution in [-0.2, 0) is 26.0 Å². The number of urea groups is 1. The molecule has 31 heavy (non-hydrogen) atoms. The minimum atomic E-state index is -4.44. The number of nitrogens with zero attached hydrogens (tertiary/aromatic N) is 2. The monoisotopic (exact) mass is 447 g/mol. The summed E-state index contributed by atoms with van der Waals surface area (Å²) in [5.41, 5.74) is 5.00. The number of amides is 3. The number of carboxylic acid groups (broad SMARTS) is 1. The second-order valence-corrected chi connectivity index (χ2v) is 9.24. The summed E-state index contributed by atoms with van der Waals surface area (Å²) in [4.78, 5) is 41.1. The number of aliphatic carboxylic acids is 1. The molecule has 2 atom stereocenters. The number of likely N-dealkylation sites (tertiary alicyclic amines) is 1. The lowest BCUT2D eigenvalue weighted by Gasteiger charge is -2.40. The number of quaternary nitrogens is 1. The summed E-state index contributed by atoms with van der Waals surface area (Å²) in [6, 6.07) is 7.88. The van der Waals surface area contributed by atoms with Gasteiger partial charge in [-0.05, 0) is 42.7 Å². The number of carbonyl (C=O) groups excluding carboxylic acids is 2. The highest BCUT2D eigenvalue weighted by Crippen LogP contribution is 2.35. The zero-order valence-corrected chi connectivity index (χ0v) is 17.4. The third-order valence-corrected chi connectivity index (χ3v) is 7.57. The maximum Gasteiger partial charge on any atom is 0.451 e. The van der Waals surface area contributed by atoms with Gasteiger partial charge in [0.05, 0.1) is 6.42 Å². The highest BCUT2D eigenvalue weighted by molar-refractivity contribution is 7.86. The molecule has 1 unspecified atom stereocenters. The maximum absolute atomic E-state index is 13.5. The minimum absolute atomic E-state index is 0.0137. The van der Waals surface area contributed by atoms with Crippen molar-refractivity contribution in [3.8, 4) is 0 Å². The summed E-state index contributed by atoms with van der Waals surface area (Å²) in [5, 5.41) is 9.75. The van der Waals surface area contributed by atoms with Crippen LogP contribution in [0, 0.1) is 0 Å². The van der Waals surface area contributed by atoms with E-state index in [1.54, 1.807) is 18.2 Å². The summed E-state index contributed by atoms with van der Waals surface area (Å²) >= 11 is 0. The molecule has 0 spiro atoms. The van der Waals surface area contributed by atoms with Crippen molar-refractivity contribution in [2.24, 2.45) is 0 Å². The Labute approximate surface area is 179 Å². The van der Waals surface area contributed by atoms with E-state index in [0.717, 1.165) is 0 Å². The Morgan fingerprint density at radius 3 is 2.35 bits per heavy atom. The molecule has 2 aromatic rings. The third kappa shape index (κ3) is 4.42. The van der Waals surface area contributed by atoms with E-state index in [1.165, 1.54) is 36.7 Å². The molecule has 1 aromatic carbocycles. The Balaban J connectivity index is 1.90. The Morgan fingerprint density at radius 2 is 1.71 bits per heavy atom. The van der Waals surface area contributed by atoms with E-state index in [1.807, 2.05) is 0 Å². The SMILES string of the molecule is O=C(Cc1ccncc1)NNC(=O)[N@+]1(S(=O)(=O)c2ccccc2)CCCCC1C(=O)O. The van der Waals surface area contributed by atoms with Crippen molar-refractivity contribution in [2.75, 3.05) is 6.54 Å². The normalized spacial score (nSPS) is 21.1. The zero-order valence-electron chi connectivity index (χ0n) is 16.6. The van der Waals surface area contributed by atoms with Crippen molar-refractivity contribution in [3.05, 3.63) is 60.4 Å². The smallest absolute Gasteiger partial charge is 0.451 e. The minimum Gasteiger partial charge on any atom is -0.477 e. The largest absolute Gasteiger partial charge is 0.477 e. The molecule has 0 saturated carbocycles. The van der Waals surface area contributed by atoms with Crippen LogP contribution in [0.15, 0.2) is 59.8 Å². The fraction of sp³-hybridized carbons (Fsp3) is 0.300. The summed E-state index contributed by atoms with van der Waals surface area (Å²) in [7, 11) is -4.44. The van der Waals surface area contributed by atoms with Gasteiger partial charge in [0, 0.05) is 18.8 Å². The van der Waals surface area contributed by atoms with Crippen molar-refractivity contribution >= 4 is 27.9 Å². The fourth-order valence-corrected chi connectivity index (χ4v) is 5.76. The molecule has 11 heteroatoms. The number of pyridine rings is 1. The number of hydrogen-bond acceptors (Lipinski definition) is 6. The Hall–Kier alpha value is -3.31. The number of sulfonamides is 1. The van der Waals surface area contributed by atoms with Gasteiger partial charge in [-0.1, -0.05) is 18.2 Å². The van der Waals surface area contributed by atoms with Gasteiger partial charge >= 0.3 is 22.0 Å². The van der Waals surface area contributed by atoms with Crippen LogP contribution in [0.4, 0.5) is 4.79 Å². The molecule has 1 fully saturated rings. The number of benzene rings is 1. The fourth-order valence-electron chi connectivity index (χ4n) is 3.72. The van der Waals surface area contributed by atoms with Gasteiger partial charge < -0.3 is 5.11 Å². The Kier molecular flexibility index (Phi) is 6.66. The number of rotatable bonds is 5. The summed E-state index contributed by atoms with van der Waals surface area (Å²) in [5.74, 6) is -1.98. The summed E-state index contributed by atoms with van der Waals surface area (Å²) in [6.45, 7) is -0.222. The highest BCUT2D eigenvalue weighted by atomic mass is 32.2. The van der Waals surface area contributed by atoms with Gasteiger partial charge in [-0.15, -0.1) is 3.89 Å². The Morgan fingerprint density at radius 1 is 1.03 bits per heavy atom. The number of nitrogens with one attached hydrogen (secondary N) is 2. The molecule has 1 aliphatic heterocycles. The standard InChI is InChI=1S/C20H22N4O6S/c25-18(14-15-9-11-21-12-10-15)22-23-20(28)24(13-5-4-8-17(24)19(26)27)31(29,30)16-6-2-1-3-7-16/h1-3,6-7,9-12,17H,4-5,8,13-14H2,(H2-,22,23,25,26,27,28)/p+1/t17?,24-/m0/s1. The van der Waals surface area contributed by atoms with E-state index in [0.29, 0.717) is 18.4 Å². The van der Waals surface area contributed by atoms with E-state index in [9.17, 15) is 27.9 Å². The van der Waals surface area contributed by atoms with Crippen molar-refractivity contribution in [1.82, 2.24) is 15.8 Å². The van der Waals surface area contributed by atoms with E-state index < -0.39 is 37.9 Å². The lowest BCUT2D eigenvalue weighted by atomic mass is 10.0. The maximum atomic E-state index is 13.5. The van der Waals surface area contributed by atoms with Crippen LogP contribution in [0.3, 0.4) is 0 Å². The predicted molar refractivity (Wildman–Crippen MR) is 109 cm³/mol. The number of hydrazine groups is 1. The highest BCUT2D eigenvalue weighted by Gasteiger charge is 2.60. The Bertz CT molecular complexity index is 1060. The molecule has 0 radical (unpaired) electrons. The van der Waals surface area contributed by atoms with E-state index in [4.69, 9.17) is 0 Å². The van der Waals surface area contributed by atoms with Crippen LogP contribution in [0.1, 0.15) is 24.8 Å². The number of hydrogen-bond donors (Lipinski definition) is 3. The van der Waals surface area contributed by atoms with Crippen molar-refractivity contribution < 1.29 is 31.8 Å². The third-order valence-electron chi connectivity index (χ3n) is 5.24. The van der Waals surface area contributed by atoms with Crippen LogP contribution >= 0.6 is 0 Å². The zero-order chi connectivity index (χ0) is 22.5. The molecular formula is C20H23N4O6S+. The van der Waals surface area contributed by atoms with Gasteiger partial charge in [0.15, 0.2) is 0 Å². The predicted octanol–water partition coefficient (Wildman–Crippen LogP) is 1.21. The molecule has 3 N–H and O–H groups in total. The topological polar surface area (TPSA) is 143 Å². The van der Waals surface area contributed by atoms with Gasteiger partial charge in [-0.2, -0.15) is 8.42 Å². The molecule has 10 nitrogen and oxygen atoms in total. The molecule has 0 bridgehead atoms.